The number of hydrogen-bond donors (Lipinski definition) is 0. The van der Waals surface area contributed by atoms with E-state index in [9.17, 15) is 10.1 Å². The molecule has 102 valence electrons. The molecule has 0 fully saturated rings. The molecular formula is C14H7N3O4. The SMILES string of the molecule is O=[N+]([O-])c1ccc2c(c1)Oc1nc3ccccc3nc1O2. The zero-order valence-electron chi connectivity index (χ0n) is 10.5. The molecule has 1 aromatic heterocycles. The summed E-state index contributed by atoms with van der Waals surface area (Å²) in [7, 11) is 0. The summed E-state index contributed by atoms with van der Waals surface area (Å²) in [6, 6.07) is 11.4. The predicted molar refractivity (Wildman–Crippen MR) is 72.8 cm³/mol. The Morgan fingerprint density at radius 2 is 1.52 bits per heavy atom. The largest absolute Gasteiger partial charge is 0.431 e. The second-order valence-corrected chi connectivity index (χ2v) is 4.41. The predicted octanol–water partition coefficient (Wildman–Crippen LogP) is 3.44. The van der Waals surface area contributed by atoms with Crippen molar-refractivity contribution in [2.75, 3.05) is 0 Å². The minimum absolute atomic E-state index is 0.0745. The van der Waals surface area contributed by atoms with Gasteiger partial charge in [-0.05, 0) is 18.2 Å². The number of ether oxygens (including phenoxy) is 2. The molecule has 21 heavy (non-hydrogen) atoms. The maximum absolute atomic E-state index is 10.8. The molecule has 0 aliphatic carbocycles. The van der Waals surface area contributed by atoms with Crippen LogP contribution in [0, 0.1) is 10.1 Å². The molecule has 0 bridgehead atoms. The van der Waals surface area contributed by atoms with E-state index in [1.165, 1.54) is 18.2 Å². The Bertz CT molecular complexity index is 895. The molecule has 0 saturated heterocycles. The molecule has 0 N–H and O–H groups in total. The third-order valence-electron chi connectivity index (χ3n) is 3.06. The molecule has 0 amide bonds. The van der Waals surface area contributed by atoms with E-state index in [1.54, 1.807) is 6.07 Å². The van der Waals surface area contributed by atoms with E-state index in [2.05, 4.69) is 9.97 Å². The summed E-state index contributed by atoms with van der Waals surface area (Å²) in [6.07, 6.45) is 0. The Kier molecular flexibility index (Phi) is 2.28. The van der Waals surface area contributed by atoms with Gasteiger partial charge in [0.25, 0.3) is 17.4 Å². The van der Waals surface area contributed by atoms with E-state index in [1.807, 2.05) is 18.2 Å². The number of nitro groups is 1. The van der Waals surface area contributed by atoms with Crippen molar-refractivity contribution < 1.29 is 14.4 Å². The van der Waals surface area contributed by atoms with Gasteiger partial charge in [-0.1, -0.05) is 12.1 Å². The fraction of sp³-hybridized carbons (Fsp3) is 0. The summed E-state index contributed by atoms with van der Waals surface area (Å²) >= 11 is 0. The smallest absolute Gasteiger partial charge is 0.284 e. The Balaban J connectivity index is 1.84. The Morgan fingerprint density at radius 3 is 2.14 bits per heavy atom. The quantitative estimate of drug-likeness (QED) is 0.392. The van der Waals surface area contributed by atoms with Gasteiger partial charge in [0.1, 0.15) is 0 Å². The van der Waals surface area contributed by atoms with Crippen molar-refractivity contribution in [2.45, 2.75) is 0 Å². The standard InChI is InChI=1S/C14H7N3O4/c18-17(19)8-5-6-11-12(7-8)21-14-13(20-11)15-9-3-1-2-4-10(9)16-14/h1-7H. The van der Waals surface area contributed by atoms with Crippen LogP contribution in [0.15, 0.2) is 42.5 Å². The lowest BCUT2D eigenvalue weighted by Gasteiger charge is -2.18. The third kappa shape index (κ3) is 1.83. The molecule has 0 spiro atoms. The molecule has 3 aromatic rings. The van der Waals surface area contributed by atoms with Crippen molar-refractivity contribution in [3.63, 3.8) is 0 Å². The van der Waals surface area contributed by atoms with Crippen molar-refractivity contribution in [3.8, 4) is 23.3 Å². The maximum Gasteiger partial charge on any atom is 0.284 e. The number of para-hydroxylation sites is 2. The van der Waals surface area contributed by atoms with Gasteiger partial charge in [-0.25, -0.2) is 9.97 Å². The summed E-state index contributed by atoms with van der Waals surface area (Å²) in [6.45, 7) is 0. The summed E-state index contributed by atoms with van der Waals surface area (Å²) < 4.78 is 11.2. The van der Waals surface area contributed by atoms with Crippen LogP contribution in [0.2, 0.25) is 0 Å². The normalized spacial score (nSPS) is 12.0. The highest BCUT2D eigenvalue weighted by Gasteiger charge is 2.24. The molecule has 7 nitrogen and oxygen atoms in total. The second-order valence-electron chi connectivity index (χ2n) is 4.41. The average Bonchev–Trinajstić information content (AvgIpc) is 2.50. The van der Waals surface area contributed by atoms with Crippen molar-refractivity contribution in [1.29, 1.82) is 0 Å². The van der Waals surface area contributed by atoms with Crippen molar-refractivity contribution >= 4 is 16.7 Å². The number of fused-ring (bicyclic) bond motifs is 3. The molecule has 4 rings (SSSR count). The van der Waals surface area contributed by atoms with Crippen LogP contribution in [0.1, 0.15) is 0 Å². The molecule has 7 heteroatoms. The van der Waals surface area contributed by atoms with Crippen molar-refractivity contribution in [2.24, 2.45) is 0 Å². The van der Waals surface area contributed by atoms with Gasteiger partial charge in [-0.3, -0.25) is 10.1 Å². The van der Waals surface area contributed by atoms with Gasteiger partial charge in [0.15, 0.2) is 11.5 Å². The van der Waals surface area contributed by atoms with Crippen LogP contribution in [0.3, 0.4) is 0 Å². The summed E-state index contributed by atoms with van der Waals surface area (Å²) in [4.78, 5) is 18.9. The Morgan fingerprint density at radius 1 is 0.905 bits per heavy atom. The van der Waals surface area contributed by atoms with Gasteiger partial charge >= 0.3 is 0 Å². The first-order valence-electron chi connectivity index (χ1n) is 6.12. The molecule has 1 aliphatic heterocycles. The summed E-state index contributed by atoms with van der Waals surface area (Å²) in [5.41, 5.74) is 1.27. The topological polar surface area (TPSA) is 87.4 Å². The van der Waals surface area contributed by atoms with Crippen LogP contribution in [0.25, 0.3) is 11.0 Å². The highest BCUT2D eigenvalue weighted by Crippen LogP contribution is 2.44. The van der Waals surface area contributed by atoms with Crippen molar-refractivity contribution in [1.82, 2.24) is 9.97 Å². The number of hydrogen-bond acceptors (Lipinski definition) is 6. The number of nitrogens with zero attached hydrogens (tertiary/aromatic N) is 3. The number of benzene rings is 2. The minimum Gasteiger partial charge on any atom is -0.431 e. The van der Waals surface area contributed by atoms with Crippen LogP contribution < -0.4 is 9.47 Å². The number of rotatable bonds is 1. The molecule has 0 saturated carbocycles. The summed E-state index contributed by atoms with van der Waals surface area (Å²) in [5, 5.41) is 10.8. The van der Waals surface area contributed by atoms with E-state index in [4.69, 9.17) is 9.47 Å². The van der Waals surface area contributed by atoms with E-state index >= 15 is 0 Å². The molecule has 0 unspecified atom stereocenters. The number of nitro benzene ring substituents is 1. The first kappa shape index (κ1) is 11.6. The van der Waals surface area contributed by atoms with E-state index in [-0.39, 0.29) is 23.2 Å². The molecule has 2 heterocycles. The van der Waals surface area contributed by atoms with Crippen LogP contribution in [-0.4, -0.2) is 14.9 Å². The van der Waals surface area contributed by atoms with Gasteiger partial charge in [0.05, 0.1) is 22.0 Å². The van der Waals surface area contributed by atoms with Crippen molar-refractivity contribution in [3.05, 3.63) is 52.6 Å². The fourth-order valence-corrected chi connectivity index (χ4v) is 2.08. The first-order chi connectivity index (χ1) is 10.2. The number of aromatic nitrogens is 2. The lowest BCUT2D eigenvalue weighted by atomic mass is 10.2. The molecule has 0 atom stereocenters. The molecule has 0 radical (unpaired) electrons. The monoisotopic (exact) mass is 281 g/mol. The zero-order valence-corrected chi connectivity index (χ0v) is 10.5. The van der Waals surface area contributed by atoms with Crippen LogP contribution in [0.4, 0.5) is 5.69 Å². The number of non-ortho nitro benzene ring substituents is 1. The second kappa shape index (κ2) is 4.14. The lowest BCUT2D eigenvalue weighted by molar-refractivity contribution is -0.384. The highest BCUT2D eigenvalue weighted by atomic mass is 16.6. The zero-order chi connectivity index (χ0) is 14.4. The van der Waals surface area contributed by atoms with Gasteiger partial charge in [0, 0.05) is 6.07 Å². The first-order valence-corrected chi connectivity index (χ1v) is 6.12. The lowest BCUT2D eigenvalue weighted by Crippen LogP contribution is -2.03. The van der Waals surface area contributed by atoms with E-state index < -0.39 is 4.92 Å². The third-order valence-corrected chi connectivity index (χ3v) is 3.06. The van der Waals surface area contributed by atoms with Gasteiger partial charge in [0.2, 0.25) is 0 Å². The Hall–Kier alpha value is -3.22. The summed E-state index contributed by atoms with van der Waals surface area (Å²) in [5.74, 6) is 1.07. The molecule has 2 aromatic carbocycles. The highest BCUT2D eigenvalue weighted by molar-refractivity contribution is 5.76. The Labute approximate surface area is 117 Å². The average molecular weight is 281 g/mol. The van der Waals surface area contributed by atoms with Crippen LogP contribution >= 0.6 is 0 Å². The van der Waals surface area contributed by atoms with E-state index in [0.29, 0.717) is 16.8 Å². The van der Waals surface area contributed by atoms with Gasteiger partial charge in [-0.2, -0.15) is 0 Å². The minimum atomic E-state index is -0.495. The van der Waals surface area contributed by atoms with Gasteiger partial charge < -0.3 is 9.47 Å². The van der Waals surface area contributed by atoms with E-state index in [0.717, 1.165) is 0 Å². The fourth-order valence-electron chi connectivity index (χ4n) is 2.08. The molecular weight excluding hydrogens is 274 g/mol. The van der Waals surface area contributed by atoms with Crippen LogP contribution in [-0.2, 0) is 0 Å². The molecule has 1 aliphatic rings. The maximum atomic E-state index is 10.8. The van der Waals surface area contributed by atoms with Crippen LogP contribution in [0.5, 0.6) is 23.3 Å². The van der Waals surface area contributed by atoms with Gasteiger partial charge in [-0.15, -0.1) is 0 Å².